The molecule has 2 nitrogen and oxygen atoms in total. The van der Waals surface area contributed by atoms with Crippen molar-refractivity contribution in [2.24, 2.45) is 17.8 Å². The van der Waals surface area contributed by atoms with E-state index in [4.69, 9.17) is 0 Å². The standard InChI is InChI=1S/C11H18BrNO/c1-3-8-5-13(6-10(8)12)11(14)9-4-7(9)2/h7-10H,3-6H2,1-2H3. The largest absolute Gasteiger partial charge is 0.341 e. The molecule has 1 saturated heterocycles. The molecule has 1 aliphatic heterocycles. The Labute approximate surface area is 94.2 Å². The van der Waals surface area contributed by atoms with Crippen LogP contribution < -0.4 is 0 Å². The summed E-state index contributed by atoms with van der Waals surface area (Å²) in [5, 5.41) is 0. The van der Waals surface area contributed by atoms with E-state index in [1.807, 2.05) is 0 Å². The normalized spacial score (nSPS) is 41.5. The van der Waals surface area contributed by atoms with Gasteiger partial charge in [-0.1, -0.05) is 36.2 Å². The van der Waals surface area contributed by atoms with E-state index < -0.39 is 0 Å². The van der Waals surface area contributed by atoms with Gasteiger partial charge in [-0.15, -0.1) is 0 Å². The van der Waals surface area contributed by atoms with Crippen LogP contribution in [0.1, 0.15) is 26.7 Å². The summed E-state index contributed by atoms with van der Waals surface area (Å²) in [5.41, 5.74) is 0. The number of halogens is 1. The molecule has 1 saturated carbocycles. The first-order valence-electron chi connectivity index (χ1n) is 5.56. The second-order valence-corrected chi connectivity index (χ2v) is 5.92. The summed E-state index contributed by atoms with van der Waals surface area (Å²) in [4.78, 5) is 14.5. The molecule has 2 fully saturated rings. The third-order valence-corrected chi connectivity index (χ3v) is 4.66. The van der Waals surface area contributed by atoms with Crippen molar-refractivity contribution in [3.05, 3.63) is 0 Å². The van der Waals surface area contributed by atoms with Gasteiger partial charge in [0.1, 0.15) is 0 Å². The van der Waals surface area contributed by atoms with E-state index in [1.165, 1.54) is 6.42 Å². The van der Waals surface area contributed by atoms with Gasteiger partial charge in [-0.3, -0.25) is 4.79 Å². The number of carbonyl (C=O) groups excluding carboxylic acids is 1. The average molecular weight is 260 g/mol. The summed E-state index contributed by atoms with van der Waals surface area (Å²) < 4.78 is 0. The highest BCUT2D eigenvalue weighted by molar-refractivity contribution is 9.09. The van der Waals surface area contributed by atoms with E-state index >= 15 is 0 Å². The number of nitrogens with zero attached hydrogens (tertiary/aromatic N) is 1. The Morgan fingerprint density at radius 2 is 2.14 bits per heavy atom. The quantitative estimate of drug-likeness (QED) is 0.697. The first-order chi connectivity index (χ1) is 6.63. The molecule has 1 amide bonds. The van der Waals surface area contributed by atoms with E-state index in [-0.39, 0.29) is 0 Å². The van der Waals surface area contributed by atoms with Gasteiger partial charge in [0.25, 0.3) is 0 Å². The van der Waals surface area contributed by atoms with Gasteiger partial charge >= 0.3 is 0 Å². The Bertz CT molecular complexity index is 243. The molecule has 4 atom stereocenters. The maximum absolute atomic E-state index is 11.9. The van der Waals surface area contributed by atoms with Crippen molar-refractivity contribution in [3.8, 4) is 0 Å². The van der Waals surface area contributed by atoms with Crippen molar-refractivity contribution in [1.82, 2.24) is 4.90 Å². The Kier molecular flexibility index (Phi) is 2.87. The second-order valence-electron chi connectivity index (χ2n) is 4.75. The Balaban J connectivity index is 1.91. The van der Waals surface area contributed by atoms with E-state index in [9.17, 15) is 4.79 Å². The first kappa shape index (κ1) is 10.5. The predicted molar refractivity (Wildman–Crippen MR) is 60.3 cm³/mol. The molecule has 2 rings (SSSR count). The maximum Gasteiger partial charge on any atom is 0.226 e. The van der Waals surface area contributed by atoms with Crippen LogP contribution in [-0.4, -0.2) is 28.7 Å². The molecule has 4 unspecified atom stereocenters. The highest BCUT2D eigenvalue weighted by Gasteiger charge is 2.44. The van der Waals surface area contributed by atoms with Crippen LogP contribution in [0.15, 0.2) is 0 Å². The minimum atomic E-state index is 0.352. The second kappa shape index (κ2) is 3.84. The molecule has 0 spiro atoms. The molecular formula is C11H18BrNO. The zero-order valence-electron chi connectivity index (χ0n) is 8.87. The number of carbonyl (C=O) groups is 1. The number of alkyl halides is 1. The van der Waals surface area contributed by atoms with Crippen LogP contribution in [0.3, 0.4) is 0 Å². The Hall–Kier alpha value is -0.0500. The van der Waals surface area contributed by atoms with Gasteiger partial charge in [0.15, 0.2) is 0 Å². The highest BCUT2D eigenvalue weighted by atomic mass is 79.9. The summed E-state index contributed by atoms with van der Waals surface area (Å²) in [5.74, 6) is 2.05. The molecule has 80 valence electrons. The molecule has 14 heavy (non-hydrogen) atoms. The lowest BCUT2D eigenvalue weighted by Gasteiger charge is -2.15. The summed E-state index contributed by atoms with van der Waals surface area (Å²) >= 11 is 3.66. The van der Waals surface area contributed by atoms with E-state index in [2.05, 4.69) is 34.7 Å². The predicted octanol–water partition coefficient (Wildman–Crippen LogP) is 2.27. The monoisotopic (exact) mass is 259 g/mol. The van der Waals surface area contributed by atoms with Crippen molar-refractivity contribution in [1.29, 1.82) is 0 Å². The first-order valence-corrected chi connectivity index (χ1v) is 6.48. The van der Waals surface area contributed by atoms with Crippen molar-refractivity contribution < 1.29 is 4.79 Å². The molecule has 0 N–H and O–H groups in total. The summed E-state index contributed by atoms with van der Waals surface area (Å²) in [6.45, 7) is 6.25. The van der Waals surface area contributed by atoms with Crippen LogP contribution in [-0.2, 0) is 4.79 Å². The van der Waals surface area contributed by atoms with E-state index in [1.54, 1.807) is 0 Å². The molecule has 2 aliphatic rings. The number of amides is 1. The number of hydrogen-bond donors (Lipinski definition) is 0. The van der Waals surface area contributed by atoms with Crippen molar-refractivity contribution in [2.75, 3.05) is 13.1 Å². The Morgan fingerprint density at radius 1 is 1.50 bits per heavy atom. The van der Waals surface area contributed by atoms with Gasteiger partial charge in [0.2, 0.25) is 5.91 Å². The van der Waals surface area contributed by atoms with Gasteiger partial charge < -0.3 is 4.90 Å². The number of rotatable bonds is 2. The fourth-order valence-corrected chi connectivity index (χ4v) is 3.19. The summed E-state index contributed by atoms with van der Waals surface area (Å²) in [7, 11) is 0. The van der Waals surface area contributed by atoms with Crippen LogP contribution in [0.2, 0.25) is 0 Å². The molecule has 3 heteroatoms. The van der Waals surface area contributed by atoms with Crippen molar-refractivity contribution in [2.45, 2.75) is 31.5 Å². The van der Waals surface area contributed by atoms with E-state index in [0.717, 1.165) is 19.5 Å². The third-order valence-electron chi connectivity index (χ3n) is 3.62. The maximum atomic E-state index is 11.9. The highest BCUT2D eigenvalue weighted by Crippen LogP contribution is 2.40. The number of likely N-dealkylation sites (tertiary alicyclic amines) is 1. The lowest BCUT2D eigenvalue weighted by molar-refractivity contribution is -0.131. The third kappa shape index (κ3) is 1.83. The van der Waals surface area contributed by atoms with Gasteiger partial charge in [0.05, 0.1) is 0 Å². The fourth-order valence-electron chi connectivity index (χ4n) is 2.30. The van der Waals surface area contributed by atoms with Crippen molar-refractivity contribution in [3.63, 3.8) is 0 Å². The zero-order valence-corrected chi connectivity index (χ0v) is 10.5. The van der Waals surface area contributed by atoms with Gasteiger partial charge in [-0.05, 0) is 18.3 Å². The Morgan fingerprint density at radius 3 is 2.57 bits per heavy atom. The van der Waals surface area contributed by atoms with Gasteiger partial charge in [-0.2, -0.15) is 0 Å². The molecule has 1 heterocycles. The molecule has 0 aromatic rings. The molecule has 0 bridgehead atoms. The smallest absolute Gasteiger partial charge is 0.226 e. The molecule has 0 radical (unpaired) electrons. The zero-order chi connectivity index (χ0) is 10.3. The van der Waals surface area contributed by atoms with Crippen LogP contribution in [0, 0.1) is 17.8 Å². The van der Waals surface area contributed by atoms with Crippen LogP contribution in [0.25, 0.3) is 0 Å². The van der Waals surface area contributed by atoms with Crippen LogP contribution in [0.4, 0.5) is 0 Å². The lowest BCUT2D eigenvalue weighted by Crippen LogP contribution is -2.30. The molecule has 0 aromatic heterocycles. The lowest BCUT2D eigenvalue weighted by atomic mass is 10.1. The minimum Gasteiger partial charge on any atom is -0.341 e. The van der Waals surface area contributed by atoms with Crippen LogP contribution in [0.5, 0.6) is 0 Å². The van der Waals surface area contributed by atoms with E-state index in [0.29, 0.717) is 28.5 Å². The minimum absolute atomic E-state index is 0.352. The van der Waals surface area contributed by atoms with Crippen LogP contribution >= 0.6 is 15.9 Å². The number of hydrogen-bond acceptors (Lipinski definition) is 1. The fraction of sp³-hybridized carbons (Fsp3) is 0.909. The molecular weight excluding hydrogens is 242 g/mol. The SMILES string of the molecule is CCC1CN(C(=O)C2CC2C)CC1Br. The molecule has 0 aromatic carbocycles. The molecule has 1 aliphatic carbocycles. The average Bonchev–Trinajstić information content (AvgIpc) is 2.75. The topological polar surface area (TPSA) is 20.3 Å². The summed E-state index contributed by atoms with van der Waals surface area (Å²) in [6, 6.07) is 0. The van der Waals surface area contributed by atoms with Gasteiger partial charge in [0, 0.05) is 23.8 Å². The summed E-state index contributed by atoms with van der Waals surface area (Å²) in [6.07, 6.45) is 2.28. The van der Waals surface area contributed by atoms with Gasteiger partial charge in [-0.25, -0.2) is 0 Å². The van der Waals surface area contributed by atoms with Crippen molar-refractivity contribution >= 4 is 21.8 Å².